The number of benzene rings is 1. The highest BCUT2D eigenvalue weighted by Gasteiger charge is 2.21. The van der Waals surface area contributed by atoms with Crippen molar-refractivity contribution in [1.29, 1.82) is 0 Å². The number of hydroxylamine groups is 1. The zero-order valence-electron chi connectivity index (χ0n) is 21.0. The molecule has 36 heavy (non-hydrogen) atoms. The highest BCUT2D eigenvalue weighted by atomic mass is 32.2. The third-order valence-electron chi connectivity index (χ3n) is 5.07. The number of hydrogen-bond donors (Lipinski definition) is 3. The number of amides is 1. The van der Waals surface area contributed by atoms with E-state index in [9.17, 15) is 13.2 Å². The summed E-state index contributed by atoms with van der Waals surface area (Å²) in [6.45, 7) is 7.50. The lowest BCUT2D eigenvalue weighted by atomic mass is 10.2. The van der Waals surface area contributed by atoms with Gasteiger partial charge in [0.15, 0.2) is 0 Å². The molecule has 1 aromatic carbocycles. The van der Waals surface area contributed by atoms with Gasteiger partial charge in [0.1, 0.15) is 17.5 Å². The van der Waals surface area contributed by atoms with Crippen LogP contribution in [0.15, 0.2) is 42.6 Å². The smallest absolute Gasteiger partial charge is 0.278 e. The summed E-state index contributed by atoms with van der Waals surface area (Å²) in [7, 11) is -2.01. The predicted octanol–water partition coefficient (Wildman–Crippen LogP) is 3.83. The van der Waals surface area contributed by atoms with Crippen molar-refractivity contribution in [3.8, 4) is 0 Å². The minimum Gasteiger partial charge on any atom is -0.353 e. The van der Waals surface area contributed by atoms with Crippen LogP contribution in [-0.2, 0) is 14.9 Å². The molecule has 2 heterocycles. The number of nitrogens with zero attached hydrogens (tertiary/aromatic N) is 4. The number of anilines is 5. The Kier molecular flexibility index (Phi) is 8.78. The van der Waals surface area contributed by atoms with Crippen LogP contribution in [0, 0.1) is 13.8 Å². The van der Waals surface area contributed by atoms with Crippen LogP contribution in [0.5, 0.6) is 0 Å². The van der Waals surface area contributed by atoms with E-state index in [1.54, 1.807) is 50.2 Å². The van der Waals surface area contributed by atoms with E-state index in [1.807, 2.05) is 13.8 Å². The summed E-state index contributed by atoms with van der Waals surface area (Å²) in [6.07, 6.45) is 1.89. The van der Waals surface area contributed by atoms with E-state index in [2.05, 4.69) is 31.1 Å². The van der Waals surface area contributed by atoms with Gasteiger partial charge >= 0.3 is 0 Å². The fraction of sp³-hybridized carbons (Fsp3) is 0.333. The first-order valence-electron chi connectivity index (χ1n) is 11.5. The fourth-order valence-electron chi connectivity index (χ4n) is 3.46. The normalized spacial score (nSPS) is 11.1. The summed E-state index contributed by atoms with van der Waals surface area (Å²) in [4.78, 5) is 30.8. The first kappa shape index (κ1) is 26.8. The number of aromatic nitrogens is 3. The van der Waals surface area contributed by atoms with Crippen LogP contribution in [0.2, 0.25) is 0 Å². The van der Waals surface area contributed by atoms with Crippen LogP contribution in [-0.4, -0.2) is 48.7 Å². The van der Waals surface area contributed by atoms with Gasteiger partial charge in [0.25, 0.3) is 5.91 Å². The number of rotatable bonds is 11. The lowest BCUT2D eigenvalue weighted by Gasteiger charge is -2.23. The van der Waals surface area contributed by atoms with Crippen molar-refractivity contribution in [3.05, 3.63) is 59.7 Å². The average Bonchev–Trinajstić information content (AvgIpc) is 2.82. The summed E-state index contributed by atoms with van der Waals surface area (Å²) < 4.78 is 26.7. The standard InChI is InChI=1S/C24H31N7O4S/c1-6-12-36(33,34)31(5)21-11-9-8-10-19(21)28-20-14-22(25-15-18(20)24(32)30-35-7-2)29-23-13-16(3)26-17(4)27-23/h8-11,13-15H,6-7,12H2,1-5H3,(H,30,32)(H2,25,26,27,28,29). The van der Waals surface area contributed by atoms with Gasteiger partial charge < -0.3 is 10.6 Å². The van der Waals surface area contributed by atoms with Crippen LogP contribution < -0.4 is 20.4 Å². The van der Waals surface area contributed by atoms with Crippen LogP contribution in [0.3, 0.4) is 0 Å². The van der Waals surface area contributed by atoms with Crippen LogP contribution in [0.4, 0.5) is 28.7 Å². The Bertz CT molecular complexity index is 1310. The fourth-order valence-corrected chi connectivity index (χ4v) is 4.71. The molecular formula is C24H31N7O4S. The van der Waals surface area contributed by atoms with Crippen molar-refractivity contribution in [2.75, 3.05) is 34.3 Å². The molecule has 0 aliphatic rings. The second-order valence-electron chi connectivity index (χ2n) is 7.97. The third kappa shape index (κ3) is 6.67. The average molecular weight is 514 g/mol. The Morgan fingerprint density at radius 1 is 1.03 bits per heavy atom. The maximum atomic E-state index is 12.8. The molecule has 0 saturated carbocycles. The number of sulfonamides is 1. The van der Waals surface area contributed by atoms with Crippen molar-refractivity contribution in [2.24, 2.45) is 0 Å². The molecule has 192 valence electrons. The van der Waals surface area contributed by atoms with Crippen molar-refractivity contribution in [2.45, 2.75) is 34.1 Å². The Labute approximate surface area is 211 Å². The first-order chi connectivity index (χ1) is 17.1. The Balaban J connectivity index is 2.02. The van der Waals surface area contributed by atoms with E-state index in [-0.39, 0.29) is 17.9 Å². The van der Waals surface area contributed by atoms with Crippen molar-refractivity contribution in [1.82, 2.24) is 20.4 Å². The van der Waals surface area contributed by atoms with Crippen molar-refractivity contribution in [3.63, 3.8) is 0 Å². The van der Waals surface area contributed by atoms with Gasteiger partial charge in [-0.25, -0.2) is 28.8 Å². The molecule has 0 radical (unpaired) electrons. The summed E-state index contributed by atoms with van der Waals surface area (Å²) >= 11 is 0. The molecule has 0 aliphatic heterocycles. The van der Waals surface area contributed by atoms with Gasteiger partial charge in [-0.15, -0.1) is 0 Å². The topological polar surface area (TPSA) is 138 Å². The summed E-state index contributed by atoms with van der Waals surface area (Å²) in [6, 6.07) is 10.4. The minimum atomic E-state index is -3.52. The van der Waals surface area contributed by atoms with Gasteiger partial charge in [-0.2, -0.15) is 0 Å². The molecule has 3 aromatic rings. The largest absolute Gasteiger partial charge is 0.353 e. The molecule has 12 heteroatoms. The quantitative estimate of drug-likeness (QED) is 0.326. The molecule has 0 spiro atoms. The second-order valence-corrected chi connectivity index (χ2v) is 10.1. The molecule has 0 unspecified atom stereocenters. The number of carbonyl (C=O) groups excluding carboxylic acids is 1. The Hall–Kier alpha value is -3.77. The maximum Gasteiger partial charge on any atom is 0.278 e. The molecule has 11 nitrogen and oxygen atoms in total. The van der Waals surface area contributed by atoms with E-state index in [4.69, 9.17) is 4.84 Å². The molecule has 1 amide bonds. The highest BCUT2D eigenvalue weighted by Crippen LogP contribution is 2.32. The summed E-state index contributed by atoms with van der Waals surface area (Å²) in [5, 5.41) is 6.34. The Morgan fingerprint density at radius 2 is 1.78 bits per heavy atom. The summed E-state index contributed by atoms with van der Waals surface area (Å²) in [5.41, 5.74) is 4.70. The number of aryl methyl sites for hydroxylation is 2. The van der Waals surface area contributed by atoms with E-state index in [1.165, 1.54) is 17.5 Å². The zero-order chi connectivity index (χ0) is 26.3. The highest BCUT2D eigenvalue weighted by molar-refractivity contribution is 7.92. The third-order valence-corrected chi connectivity index (χ3v) is 7.03. The monoisotopic (exact) mass is 513 g/mol. The molecular weight excluding hydrogens is 482 g/mol. The van der Waals surface area contributed by atoms with E-state index in [0.717, 1.165) is 5.69 Å². The lowest BCUT2D eigenvalue weighted by Crippen LogP contribution is -2.29. The van der Waals surface area contributed by atoms with Gasteiger partial charge in [0, 0.05) is 31.1 Å². The first-order valence-corrected chi connectivity index (χ1v) is 13.1. The van der Waals surface area contributed by atoms with Gasteiger partial charge in [-0.05, 0) is 39.3 Å². The molecule has 0 atom stereocenters. The number of carbonyl (C=O) groups is 1. The zero-order valence-corrected chi connectivity index (χ0v) is 21.8. The minimum absolute atomic E-state index is 0.0148. The molecule has 3 rings (SSSR count). The molecule has 3 N–H and O–H groups in total. The van der Waals surface area contributed by atoms with E-state index < -0.39 is 15.9 Å². The van der Waals surface area contributed by atoms with Crippen LogP contribution in [0.1, 0.15) is 42.1 Å². The van der Waals surface area contributed by atoms with Gasteiger partial charge in [0.05, 0.1) is 35.0 Å². The molecule has 0 bridgehead atoms. The molecule has 0 aliphatic carbocycles. The maximum absolute atomic E-state index is 12.8. The SMILES string of the molecule is CCCS(=O)(=O)N(C)c1ccccc1Nc1cc(Nc2cc(C)nc(C)n2)ncc1C(=O)NOCC. The van der Waals surface area contributed by atoms with Crippen LogP contribution >= 0.6 is 0 Å². The van der Waals surface area contributed by atoms with Crippen molar-refractivity contribution < 1.29 is 18.0 Å². The molecule has 2 aromatic heterocycles. The van der Waals surface area contributed by atoms with Gasteiger partial charge in [-0.3, -0.25) is 13.9 Å². The number of para-hydroxylation sites is 2. The second kappa shape index (κ2) is 11.8. The van der Waals surface area contributed by atoms with Gasteiger partial charge in [0.2, 0.25) is 10.0 Å². The predicted molar refractivity (Wildman–Crippen MR) is 140 cm³/mol. The Morgan fingerprint density at radius 3 is 2.47 bits per heavy atom. The number of hydrogen-bond acceptors (Lipinski definition) is 9. The lowest BCUT2D eigenvalue weighted by molar-refractivity contribution is 0.0365. The van der Waals surface area contributed by atoms with Crippen molar-refractivity contribution >= 4 is 44.6 Å². The van der Waals surface area contributed by atoms with E-state index >= 15 is 0 Å². The molecule has 0 saturated heterocycles. The van der Waals surface area contributed by atoms with Crippen LogP contribution in [0.25, 0.3) is 0 Å². The number of nitrogens with one attached hydrogen (secondary N) is 3. The summed E-state index contributed by atoms with van der Waals surface area (Å²) in [5.74, 6) is 1.09. The number of pyridine rings is 1. The molecule has 0 fully saturated rings. The van der Waals surface area contributed by atoms with Gasteiger partial charge in [-0.1, -0.05) is 19.1 Å². The van der Waals surface area contributed by atoms with E-state index in [0.29, 0.717) is 40.9 Å².